The molecule has 18 heavy (non-hydrogen) atoms. The van der Waals surface area contributed by atoms with Gasteiger partial charge in [0, 0.05) is 17.4 Å². The molecule has 0 aliphatic carbocycles. The predicted molar refractivity (Wildman–Crippen MR) is 72.5 cm³/mol. The SMILES string of the molecule is O=C(NCCCCCBr)c1ccc2c(c1)OCO2. The zero-order chi connectivity index (χ0) is 12.8. The van der Waals surface area contributed by atoms with Crippen molar-refractivity contribution in [1.29, 1.82) is 0 Å². The van der Waals surface area contributed by atoms with Gasteiger partial charge in [-0.05, 0) is 31.0 Å². The van der Waals surface area contributed by atoms with Crippen LogP contribution in [0.4, 0.5) is 0 Å². The molecule has 0 aromatic heterocycles. The molecular weight excluding hydrogens is 298 g/mol. The van der Waals surface area contributed by atoms with Gasteiger partial charge in [0.1, 0.15) is 0 Å². The number of ether oxygens (including phenoxy) is 2. The molecule has 4 nitrogen and oxygen atoms in total. The number of rotatable bonds is 6. The Hall–Kier alpha value is -1.23. The Morgan fingerprint density at radius 3 is 2.89 bits per heavy atom. The van der Waals surface area contributed by atoms with Crippen molar-refractivity contribution in [1.82, 2.24) is 5.32 Å². The minimum atomic E-state index is -0.0628. The summed E-state index contributed by atoms with van der Waals surface area (Å²) in [5.41, 5.74) is 0.611. The molecule has 1 aliphatic heterocycles. The minimum absolute atomic E-state index is 0.0628. The third kappa shape index (κ3) is 3.38. The van der Waals surface area contributed by atoms with E-state index in [9.17, 15) is 4.79 Å². The first-order valence-corrected chi connectivity index (χ1v) is 7.17. The van der Waals surface area contributed by atoms with Crippen molar-refractivity contribution in [2.75, 3.05) is 18.7 Å². The van der Waals surface area contributed by atoms with Gasteiger partial charge in [-0.15, -0.1) is 0 Å². The number of halogens is 1. The summed E-state index contributed by atoms with van der Waals surface area (Å²) in [5.74, 6) is 1.28. The van der Waals surface area contributed by atoms with Crippen molar-refractivity contribution in [2.24, 2.45) is 0 Å². The van der Waals surface area contributed by atoms with Crippen LogP contribution in [0, 0.1) is 0 Å². The molecule has 0 bridgehead atoms. The summed E-state index contributed by atoms with van der Waals surface area (Å²) < 4.78 is 10.4. The lowest BCUT2D eigenvalue weighted by Crippen LogP contribution is -2.24. The van der Waals surface area contributed by atoms with Gasteiger partial charge in [0.05, 0.1) is 0 Å². The largest absolute Gasteiger partial charge is 0.454 e. The van der Waals surface area contributed by atoms with E-state index in [0.717, 1.165) is 24.6 Å². The van der Waals surface area contributed by atoms with E-state index in [2.05, 4.69) is 21.2 Å². The molecule has 0 atom stereocenters. The number of hydrogen-bond acceptors (Lipinski definition) is 3. The van der Waals surface area contributed by atoms with E-state index in [1.165, 1.54) is 0 Å². The van der Waals surface area contributed by atoms with Gasteiger partial charge >= 0.3 is 0 Å². The second kappa shape index (κ2) is 6.64. The van der Waals surface area contributed by atoms with Gasteiger partial charge in [0.2, 0.25) is 6.79 Å². The van der Waals surface area contributed by atoms with Crippen LogP contribution in [-0.4, -0.2) is 24.6 Å². The fourth-order valence-corrected chi connectivity index (χ4v) is 2.13. The fraction of sp³-hybridized carbons (Fsp3) is 0.462. The first-order chi connectivity index (χ1) is 8.81. The van der Waals surface area contributed by atoms with Gasteiger partial charge in [-0.2, -0.15) is 0 Å². The molecule has 5 heteroatoms. The van der Waals surface area contributed by atoms with E-state index < -0.39 is 0 Å². The Morgan fingerprint density at radius 2 is 2.06 bits per heavy atom. The number of hydrogen-bond donors (Lipinski definition) is 1. The fourth-order valence-electron chi connectivity index (χ4n) is 1.74. The zero-order valence-corrected chi connectivity index (χ0v) is 11.7. The molecule has 2 rings (SSSR count). The van der Waals surface area contributed by atoms with Crippen molar-refractivity contribution in [3.05, 3.63) is 23.8 Å². The quantitative estimate of drug-likeness (QED) is 0.649. The van der Waals surface area contributed by atoms with E-state index in [1.807, 2.05) is 0 Å². The zero-order valence-electron chi connectivity index (χ0n) is 10.1. The molecule has 1 N–H and O–H groups in total. The van der Waals surface area contributed by atoms with Crippen LogP contribution in [-0.2, 0) is 0 Å². The van der Waals surface area contributed by atoms with Crippen LogP contribution in [0.1, 0.15) is 29.6 Å². The van der Waals surface area contributed by atoms with Gasteiger partial charge in [-0.25, -0.2) is 0 Å². The number of amides is 1. The van der Waals surface area contributed by atoms with Crippen molar-refractivity contribution in [2.45, 2.75) is 19.3 Å². The van der Waals surface area contributed by atoms with E-state index in [-0.39, 0.29) is 12.7 Å². The molecule has 0 saturated carbocycles. The number of carbonyl (C=O) groups excluding carboxylic acids is 1. The van der Waals surface area contributed by atoms with E-state index in [0.29, 0.717) is 23.6 Å². The highest BCUT2D eigenvalue weighted by atomic mass is 79.9. The van der Waals surface area contributed by atoms with Crippen molar-refractivity contribution in [3.8, 4) is 11.5 Å². The molecule has 1 aromatic carbocycles. The number of benzene rings is 1. The Morgan fingerprint density at radius 1 is 1.22 bits per heavy atom. The summed E-state index contributed by atoms with van der Waals surface area (Å²) in [6.07, 6.45) is 3.26. The average molecular weight is 314 g/mol. The smallest absolute Gasteiger partial charge is 0.251 e. The summed E-state index contributed by atoms with van der Waals surface area (Å²) in [7, 11) is 0. The molecule has 1 aromatic rings. The van der Waals surface area contributed by atoms with Crippen LogP contribution >= 0.6 is 15.9 Å². The topological polar surface area (TPSA) is 47.6 Å². The van der Waals surface area contributed by atoms with Crippen LogP contribution in [0.5, 0.6) is 11.5 Å². The highest BCUT2D eigenvalue weighted by Crippen LogP contribution is 2.32. The molecule has 1 amide bonds. The first-order valence-electron chi connectivity index (χ1n) is 6.05. The highest BCUT2D eigenvalue weighted by Gasteiger charge is 2.15. The van der Waals surface area contributed by atoms with Crippen LogP contribution in [0.2, 0.25) is 0 Å². The number of unbranched alkanes of at least 4 members (excludes halogenated alkanes) is 2. The summed E-state index contributed by atoms with van der Waals surface area (Å²) in [4.78, 5) is 11.9. The van der Waals surface area contributed by atoms with E-state index in [4.69, 9.17) is 9.47 Å². The highest BCUT2D eigenvalue weighted by molar-refractivity contribution is 9.09. The van der Waals surface area contributed by atoms with E-state index >= 15 is 0 Å². The number of nitrogens with one attached hydrogen (secondary N) is 1. The molecule has 1 heterocycles. The third-order valence-electron chi connectivity index (χ3n) is 2.73. The summed E-state index contributed by atoms with van der Waals surface area (Å²) in [6, 6.07) is 5.24. The maximum absolute atomic E-state index is 11.9. The average Bonchev–Trinajstić information content (AvgIpc) is 2.85. The lowest BCUT2D eigenvalue weighted by Gasteiger charge is -2.05. The number of alkyl halides is 1. The second-order valence-electron chi connectivity index (χ2n) is 4.07. The molecular formula is C13H16BrNO3. The first kappa shape index (κ1) is 13.2. The number of fused-ring (bicyclic) bond motifs is 1. The monoisotopic (exact) mass is 313 g/mol. The van der Waals surface area contributed by atoms with Crippen molar-refractivity contribution >= 4 is 21.8 Å². The van der Waals surface area contributed by atoms with Gasteiger partial charge < -0.3 is 14.8 Å². The van der Waals surface area contributed by atoms with Crippen LogP contribution in [0.15, 0.2) is 18.2 Å². The Balaban J connectivity index is 1.82. The summed E-state index contributed by atoms with van der Waals surface area (Å²) in [6.45, 7) is 0.938. The molecule has 0 radical (unpaired) electrons. The third-order valence-corrected chi connectivity index (χ3v) is 3.29. The number of carbonyl (C=O) groups is 1. The molecule has 0 spiro atoms. The van der Waals surface area contributed by atoms with Crippen molar-refractivity contribution < 1.29 is 14.3 Å². The van der Waals surface area contributed by atoms with Gasteiger partial charge in [0.25, 0.3) is 5.91 Å². The lowest BCUT2D eigenvalue weighted by atomic mass is 10.2. The molecule has 0 unspecified atom stereocenters. The van der Waals surface area contributed by atoms with Gasteiger partial charge in [-0.3, -0.25) is 4.79 Å². The normalized spacial score (nSPS) is 12.5. The van der Waals surface area contributed by atoms with Gasteiger partial charge in [-0.1, -0.05) is 22.4 Å². The second-order valence-corrected chi connectivity index (χ2v) is 4.87. The standard InChI is InChI=1S/C13H16BrNO3/c14-6-2-1-3-7-15-13(16)10-4-5-11-12(8-10)18-9-17-11/h4-5,8H,1-3,6-7,9H2,(H,15,16). The maximum Gasteiger partial charge on any atom is 0.251 e. The molecule has 1 aliphatic rings. The lowest BCUT2D eigenvalue weighted by molar-refractivity contribution is 0.0952. The summed E-state index contributed by atoms with van der Waals surface area (Å²) >= 11 is 3.38. The van der Waals surface area contributed by atoms with E-state index in [1.54, 1.807) is 18.2 Å². The molecule has 98 valence electrons. The predicted octanol–water partition coefficient (Wildman–Crippen LogP) is 2.71. The Labute approximate surface area is 115 Å². The Kier molecular flexibility index (Phi) is 4.87. The molecule has 0 saturated heterocycles. The van der Waals surface area contributed by atoms with Crippen LogP contribution in [0.3, 0.4) is 0 Å². The van der Waals surface area contributed by atoms with Crippen molar-refractivity contribution in [3.63, 3.8) is 0 Å². The minimum Gasteiger partial charge on any atom is -0.454 e. The Bertz CT molecular complexity index is 423. The maximum atomic E-state index is 11.9. The van der Waals surface area contributed by atoms with Crippen LogP contribution in [0.25, 0.3) is 0 Å². The van der Waals surface area contributed by atoms with Gasteiger partial charge in [0.15, 0.2) is 11.5 Å². The van der Waals surface area contributed by atoms with Crippen LogP contribution < -0.4 is 14.8 Å². The molecule has 0 fully saturated rings. The summed E-state index contributed by atoms with van der Waals surface area (Å²) in [5, 5.41) is 3.92.